The number of halogens is 2. The number of hydrogen-bond donors (Lipinski definition) is 0. The van der Waals surface area contributed by atoms with Gasteiger partial charge in [-0.05, 0) is 48.4 Å². The van der Waals surface area contributed by atoms with E-state index in [0.717, 1.165) is 12.0 Å². The van der Waals surface area contributed by atoms with Gasteiger partial charge in [-0.1, -0.05) is 24.6 Å². The van der Waals surface area contributed by atoms with Crippen molar-refractivity contribution < 1.29 is 23.5 Å². The molecule has 3 rings (SSSR count). The molecule has 0 saturated carbocycles. The zero-order valence-electron chi connectivity index (χ0n) is 18.1. The SMILES string of the molecule is CCCOc1ccc(/C=C/C(=O)N2CCN(C(=O)c3cc(Cl)ccc3F)CC2)cc1OC. The van der Waals surface area contributed by atoms with Crippen LogP contribution in [0.3, 0.4) is 0 Å². The number of carbonyl (C=O) groups is 2. The number of hydrogen-bond acceptors (Lipinski definition) is 4. The summed E-state index contributed by atoms with van der Waals surface area (Å²) >= 11 is 5.89. The molecular formula is C24H26ClFN2O4. The van der Waals surface area contributed by atoms with E-state index in [2.05, 4.69) is 0 Å². The number of piperazine rings is 1. The molecule has 2 aromatic carbocycles. The van der Waals surface area contributed by atoms with E-state index in [1.807, 2.05) is 25.1 Å². The molecule has 0 unspecified atom stereocenters. The van der Waals surface area contributed by atoms with Crippen LogP contribution in [0, 0.1) is 5.82 Å². The van der Waals surface area contributed by atoms with Crippen molar-refractivity contribution in [1.29, 1.82) is 0 Å². The summed E-state index contributed by atoms with van der Waals surface area (Å²) in [6.45, 7) is 4.00. The Hall–Kier alpha value is -3.06. The maximum atomic E-state index is 14.0. The predicted molar refractivity (Wildman–Crippen MR) is 122 cm³/mol. The van der Waals surface area contributed by atoms with E-state index in [1.165, 1.54) is 29.2 Å². The van der Waals surface area contributed by atoms with Crippen molar-refractivity contribution in [2.45, 2.75) is 13.3 Å². The van der Waals surface area contributed by atoms with Gasteiger partial charge in [0, 0.05) is 37.3 Å². The van der Waals surface area contributed by atoms with Crippen molar-refractivity contribution in [1.82, 2.24) is 9.80 Å². The number of ether oxygens (including phenoxy) is 2. The topological polar surface area (TPSA) is 59.1 Å². The third-order valence-corrected chi connectivity index (χ3v) is 5.34. The van der Waals surface area contributed by atoms with Gasteiger partial charge in [-0.2, -0.15) is 0 Å². The quantitative estimate of drug-likeness (QED) is 0.579. The van der Waals surface area contributed by atoms with Crippen molar-refractivity contribution >= 4 is 29.5 Å². The number of rotatable bonds is 7. The minimum atomic E-state index is -0.609. The summed E-state index contributed by atoms with van der Waals surface area (Å²) in [6, 6.07) is 9.39. The average Bonchev–Trinajstić information content (AvgIpc) is 2.82. The highest BCUT2D eigenvalue weighted by atomic mass is 35.5. The van der Waals surface area contributed by atoms with E-state index in [0.29, 0.717) is 49.3 Å². The monoisotopic (exact) mass is 460 g/mol. The Morgan fingerprint density at radius 1 is 1.06 bits per heavy atom. The Labute approximate surface area is 192 Å². The lowest BCUT2D eigenvalue weighted by atomic mass is 10.1. The minimum Gasteiger partial charge on any atom is -0.493 e. The van der Waals surface area contributed by atoms with Crippen molar-refractivity contribution in [3.63, 3.8) is 0 Å². The first-order chi connectivity index (χ1) is 15.4. The lowest BCUT2D eigenvalue weighted by Crippen LogP contribution is -2.50. The molecule has 0 N–H and O–H groups in total. The van der Waals surface area contributed by atoms with Crippen LogP contribution in [0.15, 0.2) is 42.5 Å². The van der Waals surface area contributed by atoms with Crippen molar-refractivity contribution in [2.24, 2.45) is 0 Å². The molecule has 6 nitrogen and oxygen atoms in total. The van der Waals surface area contributed by atoms with E-state index in [-0.39, 0.29) is 11.5 Å². The molecule has 0 bridgehead atoms. The third-order valence-electron chi connectivity index (χ3n) is 5.11. The Morgan fingerprint density at radius 3 is 2.47 bits per heavy atom. The Kier molecular flexibility index (Phi) is 8.11. The maximum Gasteiger partial charge on any atom is 0.257 e. The molecule has 0 radical (unpaired) electrons. The predicted octanol–water partition coefficient (Wildman–Crippen LogP) is 4.27. The second-order valence-electron chi connectivity index (χ2n) is 7.33. The van der Waals surface area contributed by atoms with E-state index < -0.39 is 11.7 Å². The third kappa shape index (κ3) is 5.79. The number of benzene rings is 2. The summed E-state index contributed by atoms with van der Waals surface area (Å²) in [5.74, 6) is 0.0759. The standard InChI is InChI=1S/C24H26ClFN2O4/c1-3-14-32-21-8-4-17(15-22(21)31-2)5-9-23(29)27-10-12-28(13-11-27)24(30)19-16-18(25)6-7-20(19)26/h4-9,15-16H,3,10-14H2,1-2H3/b9-5+. The number of nitrogens with zero attached hydrogens (tertiary/aromatic N) is 2. The molecule has 2 amide bonds. The average molecular weight is 461 g/mol. The molecule has 32 heavy (non-hydrogen) atoms. The van der Waals surface area contributed by atoms with Gasteiger partial charge in [0.15, 0.2) is 11.5 Å². The Morgan fingerprint density at radius 2 is 1.78 bits per heavy atom. The van der Waals surface area contributed by atoms with Gasteiger partial charge in [0.25, 0.3) is 5.91 Å². The second-order valence-corrected chi connectivity index (χ2v) is 7.77. The molecule has 2 aromatic rings. The normalized spacial score (nSPS) is 14.0. The fraction of sp³-hybridized carbons (Fsp3) is 0.333. The van der Waals surface area contributed by atoms with Crippen molar-refractivity contribution in [3.05, 3.63) is 64.4 Å². The van der Waals surface area contributed by atoms with Gasteiger partial charge in [0.2, 0.25) is 5.91 Å². The van der Waals surface area contributed by atoms with Gasteiger partial charge in [-0.3, -0.25) is 9.59 Å². The maximum absolute atomic E-state index is 14.0. The molecule has 1 saturated heterocycles. The molecule has 0 aromatic heterocycles. The van der Waals surface area contributed by atoms with Gasteiger partial charge < -0.3 is 19.3 Å². The van der Waals surface area contributed by atoms with Gasteiger partial charge in [0.05, 0.1) is 19.3 Å². The molecule has 0 spiro atoms. The molecule has 1 aliphatic rings. The number of methoxy groups -OCH3 is 1. The van der Waals surface area contributed by atoms with Crippen LogP contribution in [0.1, 0.15) is 29.3 Å². The largest absolute Gasteiger partial charge is 0.493 e. The van der Waals surface area contributed by atoms with Crippen LogP contribution >= 0.6 is 11.6 Å². The summed E-state index contributed by atoms with van der Waals surface area (Å²) < 4.78 is 25.0. The van der Waals surface area contributed by atoms with Gasteiger partial charge in [-0.25, -0.2) is 4.39 Å². The molecule has 0 aliphatic carbocycles. The van der Waals surface area contributed by atoms with Crippen LogP contribution < -0.4 is 9.47 Å². The second kappa shape index (κ2) is 11.0. The summed E-state index contributed by atoms with van der Waals surface area (Å²) in [5, 5.41) is 0.301. The zero-order valence-corrected chi connectivity index (χ0v) is 18.9. The summed E-state index contributed by atoms with van der Waals surface area (Å²) in [7, 11) is 1.57. The summed E-state index contributed by atoms with van der Waals surface area (Å²) in [6.07, 6.45) is 4.11. The summed E-state index contributed by atoms with van der Waals surface area (Å²) in [4.78, 5) is 28.4. The lowest BCUT2D eigenvalue weighted by Gasteiger charge is -2.34. The highest BCUT2D eigenvalue weighted by Crippen LogP contribution is 2.28. The first-order valence-corrected chi connectivity index (χ1v) is 10.8. The van der Waals surface area contributed by atoms with Crippen LogP contribution in [0.25, 0.3) is 6.08 Å². The molecule has 0 atom stereocenters. The first-order valence-electron chi connectivity index (χ1n) is 10.4. The first kappa shape index (κ1) is 23.6. The number of amides is 2. The Balaban J connectivity index is 1.58. The van der Waals surface area contributed by atoms with Gasteiger partial charge >= 0.3 is 0 Å². The fourth-order valence-corrected chi connectivity index (χ4v) is 3.53. The smallest absolute Gasteiger partial charge is 0.257 e. The molecule has 1 fully saturated rings. The van der Waals surface area contributed by atoms with Crippen LogP contribution in [0.2, 0.25) is 5.02 Å². The highest BCUT2D eigenvalue weighted by molar-refractivity contribution is 6.31. The summed E-state index contributed by atoms with van der Waals surface area (Å²) in [5.41, 5.74) is 0.752. The van der Waals surface area contributed by atoms with Crippen LogP contribution in [0.4, 0.5) is 4.39 Å². The fourth-order valence-electron chi connectivity index (χ4n) is 3.35. The highest BCUT2D eigenvalue weighted by Gasteiger charge is 2.25. The molecule has 1 heterocycles. The van der Waals surface area contributed by atoms with Crippen molar-refractivity contribution in [3.8, 4) is 11.5 Å². The van der Waals surface area contributed by atoms with Gasteiger partial charge in [-0.15, -0.1) is 0 Å². The molecule has 8 heteroatoms. The van der Waals surface area contributed by atoms with Crippen LogP contribution in [0.5, 0.6) is 11.5 Å². The molecule has 170 valence electrons. The minimum absolute atomic E-state index is 0.0579. The van der Waals surface area contributed by atoms with Crippen LogP contribution in [-0.4, -0.2) is 61.5 Å². The van der Waals surface area contributed by atoms with E-state index in [9.17, 15) is 14.0 Å². The van der Waals surface area contributed by atoms with Crippen LogP contribution in [-0.2, 0) is 4.79 Å². The lowest BCUT2D eigenvalue weighted by molar-refractivity contribution is -0.127. The van der Waals surface area contributed by atoms with Crippen molar-refractivity contribution in [2.75, 3.05) is 39.9 Å². The van der Waals surface area contributed by atoms with E-state index in [1.54, 1.807) is 18.1 Å². The molecular weight excluding hydrogens is 435 g/mol. The number of carbonyl (C=O) groups excluding carboxylic acids is 2. The van der Waals surface area contributed by atoms with E-state index >= 15 is 0 Å². The molecule has 1 aliphatic heterocycles. The Bertz CT molecular complexity index is 1000. The zero-order chi connectivity index (χ0) is 23.1. The van der Waals surface area contributed by atoms with E-state index in [4.69, 9.17) is 21.1 Å². The van der Waals surface area contributed by atoms with Gasteiger partial charge in [0.1, 0.15) is 5.82 Å².